The highest BCUT2D eigenvalue weighted by Gasteiger charge is 2.56. The highest BCUT2D eigenvalue weighted by molar-refractivity contribution is 6.30. The zero-order chi connectivity index (χ0) is 15.2. The number of aliphatic hydroxyl groups excluding tert-OH is 1. The summed E-state index contributed by atoms with van der Waals surface area (Å²) in [6.07, 6.45) is 0.729. The van der Waals surface area contributed by atoms with Crippen LogP contribution in [0.1, 0.15) is 24.8 Å². The molecule has 2 aliphatic rings. The van der Waals surface area contributed by atoms with Crippen LogP contribution in [0, 0.1) is 0 Å². The number of β-amino-alcohol motifs (C(OH)–C–C–N with tert-alkyl or cyclic N) is 1. The number of hydrogen-bond donors (Lipinski definition) is 2. The summed E-state index contributed by atoms with van der Waals surface area (Å²) in [5.41, 5.74) is 0.227. The van der Waals surface area contributed by atoms with Gasteiger partial charge in [-0.15, -0.1) is 0 Å². The Morgan fingerprint density at radius 3 is 2.38 bits per heavy atom. The van der Waals surface area contributed by atoms with Gasteiger partial charge in [-0.1, -0.05) is 23.7 Å². The second-order valence-corrected chi connectivity index (χ2v) is 6.23. The number of aliphatic hydroxyl groups is 1. The standard InChI is InChI=1S/C15H16ClNO4/c16-10-3-1-9(2-4-10)15(5-6-15)14(21)17-8-11(18)7-12(17)13(19)20/h1-4,11-12,18H,5-8H2,(H,19,20)/t11-,12-/m1/s1. The van der Waals surface area contributed by atoms with E-state index in [0.717, 1.165) is 5.56 Å². The van der Waals surface area contributed by atoms with Crippen molar-refractivity contribution in [2.45, 2.75) is 36.8 Å². The Morgan fingerprint density at radius 1 is 1.24 bits per heavy atom. The summed E-state index contributed by atoms with van der Waals surface area (Å²) >= 11 is 5.87. The highest BCUT2D eigenvalue weighted by Crippen LogP contribution is 2.50. The molecule has 1 heterocycles. The first kappa shape index (κ1) is 14.4. The zero-order valence-electron chi connectivity index (χ0n) is 11.3. The topological polar surface area (TPSA) is 77.8 Å². The van der Waals surface area contributed by atoms with Gasteiger partial charge in [0, 0.05) is 18.0 Å². The van der Waals surface area contributed by atoms with Crippen LogP contribution in [0.3, 0.4) is 0 Å². The monoisotopic (exact) mass is 309 g/mol. The average Bonchev–Trinajstić information content (AvgIpc) is 3.15. The number of carbonyl (C=O) groups is 2. The van der Waals surface area contributed by atoms with Gasteiger partial charge in [0.15, 0.2) is 0 Å². The Kier molecular flexibility index (Phi) is 3.42. The maximum atomic E-state index is 12.8. The van der Waals surface area contributed by atoms with E-state index >= 15 is 0 Å². The molecular weight excluding hydrogens is 294 g/mol. The van der Waals surface area contributed by atoms with Gasteiger partial charge in [-0.25, -0.2) is 4.79 Å². The number of carbonyl (C=O) groups excluding carboxylic acids is 1. The van der Waals surface area contributed by atoms with Crippen molar-refractivity contribution in [3.63, 3.8) is 0 Å². The second-order valence-electron chi connectivity index (χ2n) is 5.79. The normalized spacial score (nSPS) is 26.7. The minimum Gasteiger partial charge on any atom is -0.480 e. The third-order valence-corrected chi connectivity index (χ3v) is 4.63. The number of likely N-dealkylation sites (tertiary alicyclic amines) is 1. The molecule has 0 spiro atoms. The third-order valence-electron chi connectivity index (χ3n) is 4.38. The Bertz CT molecular complexity index is 582. The molecule has 0 aromatic heterocycles. The van der Waals surface area contributed by atoms with Crippen LogP contribution in [-0.4, -0.2) is 45.7 Å². The Labute approximate surface area is 127 Å². The fourth-order valence-corrected chi connectivity index (χ4v) is 3.19. The Morgan fingerprint density at radius 2 is 1.86 bits per heavy atom. The lowest BCUT2D eigenvalue weighted by Crippen LogP contribution is -2.45. The molecule has 1 aliphatic heterocycles. The van der Waals surface area contributed by atoms with Crippen LogP contribution in [0.5, 0.6) is 0 Å². The number of benzene rings is 1. The van der Waals surface area contributed by atoms with E-state index in [2.05, 4.69) is 0 Å². The molecule has 5 nitrogen and oxygen atoms in total. The second kappa shape index (κ2) is 5.00. The molecule has 21 heavy (non-hydrogen) atoms. The first-order chi connectivity index (χ1) is 9.94. The predicted octanol–water partition coefficient (Wildman–Crippen LogP) is 1.42. The number of rotatable bonds is 3. The van der Waals surface area contributed by atoms with E-state index in [1.54, 1.807) is 12.1 Å². The van der Waals surface area contributed by atoms with Gasteiger partial charge in [-0.2, -0.15) is 0 Å². The van der Waals surface area contributed by atoms with Gasteiger partial charge in [-0.3, -0.25) is 4.79 Å². The summed E-state index contributed by atoms with van der Waals surface area (Å²) in [5, 5.41) is 19.5. The molecule has 1 aromatic rings. The smallest absolute Gasteiger partial charge is 0.326 e. The fraction of sp³-hybridized carbons (Fsp3) is 0.467. The minimum atomic E-state index is -1.06. The van der Waals surface area contributed by atoms with Crippen molar-refractivity contribution >= 4 is 23.5 Å². The van der Waals surface area contributed by atoms with Crippen LogP contribution in [-0.2, 0) is 15.0 Å². The zero-order valence-corrected chi connectivity index (χ0v) is 12.1. The van der Waals surface area contributed by atoms with Gasteiger partial charge in [0.05, 0.1) is 11.5 Å². The molecule has 2 atom stereocenters. The van der Waals surface area contributed by atoms with Gasteiger partial charge < -0.3 is 15.1 Å². The lowest BCUT2D eigenvalue weighted by atomic mass is 9.94. The van der Waals surface area contributed by atoms with E-state index in [1.165, 1.54) is 4.90 Å². The summed E-state index contributed by atoms with van der Waals surface area (Å²) in [6.45, 7) is 0.0884. The summed E-state index contributed by atoms with van der Waals surface area (Å²) in [6, 6.07) is 6.16. The predicted molar refractivity (Wildman–Crippen MR) is 76.1 cm³/mol. The SMILES string of the molecule is O=C(O)[C@H]1C[C@@H](O)CN1C(=O)C1(c2ccc(Cl)cc2)CC1. The van der Waals surface area contributed by atoms with E-state index in [4.69, 9.17) is 11.6 Å². The van der Waals surface area contributed by atoms with Crippen LogP contribution in [0.2, 0.25) is 5.02 Å². The van der Waals surface area contributed by atoms with Gasteiger partial charge in [-0.05, 0) is 30.5 Å². The highest BCUT2D eigenvalue weighted by atomic mass is 35.5. The number of hydrogen-bond acceptors (Lipinski definition) is 3. The molecule has 1 saturated carbocycles. The maximum Gasteiger partial charge on any atom is 0.326 e. The lowest BCUT2D eigenvalue weighted by Gasteiger charge is -2.26. The molecule has 2 fully saturated rings. The van der Waals surface area contributed by atoms with Gasteiger partial charge >= 0.3 is 5.97 Å². The first-order valence-corrected chi connectivity index (χ1v) is 7.30. The van der Waals surface area contributed by atoms with Gasteiger partial charge in [0.1, 0.15) is 6.04 Å². The van der Waals surface area contributed by atoms with Crippen molar-refractivity contribution in [3.05, 3.63) is 34.9 Å². The number of carboxylic acid groups (broad SMARTS) is 1. The van der Waals surface area contributed by atoms with Crippen molar-refractivity contribution in [2.75, 3.05) is 6.54 Å². The number of halogens is 1. The van der Waals surface area contributed by atoms with Gasteiger partial charge in [0.2, 0.25) is 5.91 Å². The van der Waals surface area contributed by atoms with Crippen LogP contribution in [0.25, 0.3) is 0 Å². The molecule has 0 bridgehead atoms. The van der Waals surface area contributed by atoms with Crippen molar-refractivity contribution in [1.82, 2.24) is 4.90 Å². The number of aliphatic carboxylic acids is 1. The van der Waals surface area contributed by atoms with Crippen molar-refractivity contribution < 1.29 is 19.8 Å². The molecular formula is C15H16ClNO4. The molecule has 3 rings (SSSR count). The van der Waals surface area contributed by atoms with Crippen LogP contribution in [0.4, 0.5) is 0 Å². The van der Waals surface area contributed by atoms with Crippen molar-refractivity contribution in [2.24, 2.45) is 0 Å². The molecule has 2 N–H and O–H groups in total. The number of carboxylic acids is 1. The van der Waals surface area contributed by atoms with E-state index in [0.29, 0.717) is 17.9 Å². The summed E-state index contributed by atoms with van der Waals surface area (Å²) < 4.78 is 0. The Hall–Kier alpha value is -1.59. The van der Waals surface area contributed by atoms with Gasteiger partial charge in [0.25, 0.3) is 0 Å². The third kappa shape index (κ3) is 2.40. The Balaban J connectivity index is 1.87. The van der Waals surface area contributed by atoms with Crippen molar-refractivity contribution in [1.29, 1.82) is 0 Å². The number of nitrogens with zero attached hydrogens (tertiary/aromatic N) is 1. The molecule has 112 valence electrons. The maximum absolute atomic E-state index is 12.8. The molecule has 1 aliphatic carbocycles. The summed E-state index contributed by atoms with van der Waals surface area (Å²) in [7, 11) is 0. The molecule has 0 unspecified atom stereocenters. The molecule has 1 aromatic carbocycles. The first-order valence-electron chi connectivity index (χ1n) is 6.92. The van der Waals surface area contributed by atoms with E-state index in [-0.39, 0.29) is 18.9 Å². The minimum absolute atomic E-state index is 0.0884. The van der Waals surface area contributed by atoms with Crippen molar-refractivity contribution in [3.8, 4) is 0 Å². The molecule has 1 saturated heterocycles. The van der Waals surface area contributed by atoms with Crippen LogP contribution in [0.15, 0.2) is 24.3 Å². The van der Waals surface area contributed by atoms with E-state index < -0.39 is 23.5 Å². The van der Waals surface area contributed by atoms with E-state index in [9.17, 15) is 19.8 Å². The molecule has 0 radical (unpaired) electrons. The summed E-state index contributed by atoms with van der Waals surface area (Å²) in [5.74, 6) is -1.26. The summed E-state index contributed by atoms with van der Waals surface area (Å²) in [4.78, 5) is 25.4. The van der Waals surface area contributed by atoms with Crippen LogP contribution >= 0.6 is 11.6 Å². The largest absolute Gasteiger partial charge is 0.480 e. The quantitative estimate of drug-likeness (QED) is 0.885. The average molecular weight is 310 g/mol. The fourth-order valence-electron chi connectivity index (χ4n) is 3.07. The van der Waals surface area contributed by atoms with Crippen LogP contribution < -0.4 is 0 Å². The van der Waals surface area contributed by atoms with E-state index in [1.807, 2.05) is 12.1 Å². The molecule has 1 amide bonds. The molecule has 6 heteroatoms. The lowest BCUT2D eigenvalue weighted by molar-refractivity contribution is -0.149. The number of amides is 1.